The molecule has 4 rings (SSSR count). The highest BCUT2D eigenvalue weighted by atomic mass is 32.2. The van der Waals surface area contributed by atoms with Gasteiger partial charge in [0.05, 0.1) is 17.7 Å². The van der Waals surface area contributed by atoms with Gasteiger partial charge in [-0.2, -0.15) is 0 Å². The lowest BCUT2D eigenvalue weighted by atomic mass is 10.1. The van der Waals surface area contributed by atoms with Crippen molar-refractivity contribution < 1.29 is 18.7 Å². The van der Waals surface area contributed by atoms with E-state index in [-0.39, 0.29) is 18.3 Å². The van der Waals surface area contributed by atoms with Crippen LogP contribution in [-0.2, 0) is 17.8 Å². The third kappa shape index (κ3) is 5.31. The van der Waals surface area contributed by atoms with Crippen LogP contribution in [0.25, 0.3) is 6.08 Å². The highest BCUT2D eigenvalue weighted by molar-refractivity contribution is 8.18. The Hall–Kier alpha value is -3.58. The molecule has 174 valence electrons. The van der Waals surface area contributed by atoms with Crippen LogP contribution in [-0.4, -0.2) is 30.1 Å². The summed E-state index contributed by atoms with van der Waals surface area (Å²) in [6, 6.07) is 19.6. The van der Waals surface area contributed by atoms with Gasteiger partial charge in [-0.05, 0) is 71.3 Å². The zero-order valence-electron chi connectivity index (χ0n) is 19.2. The minimum atomic E-state index is -0.286. The van der Waals surface area contributed by atoms with Gasteiger partial charge in [-0.3, -0.25) is 9.69 Å². The van der Waals surface area contributed by atoms with E-state index < -0.39 is 0 Å². The second kappa shape index (κ2) is 10.6. The van der Waals surface area contributed by atoms with Gasteiger partial charge >= 0.3 is 0 Å². The summed E-state index contributed by atoms with van der Waals surface area (Å²) < 4.78 is 24.4. The van der Waals surface area contributed by atoms with E-state index in [9.17, 15) is 9.18 Å². The molecule has 0 radical (unpaired) electrons. The molecule has 0 aliphatic carbocycles. The largest absolute Gasteiger partial charge is 0.493 e. The van der Waals surface area contributed by atoms with Gasteiger partial charge in [0, 0.05) is 7.05 Å². The first-order valence-corrected chi connectivity index (χ1v) is 11.7. The van der Waals surface area contributed by atoms with Gasteiger partial charge in [-0.25, -0.2) is 9.38 Å². The molecule has 5 nitrogen and oxygen atoms in total. The number of nitrogens with zero attached hydrogens (tertiary/aromatic N) is 2. The first kappa shape index (κ1) is 23.6. The van der Waals surface area contributed by atoms with Crippen molar-refractivity contribution in [3.8, 4) is 11.5 Å². The van der Waals surface area contributed by atoms with Crippen molar-refractivity contribution >= 4 is 34.6 Å². The summed E-state index contributed by atoms with van der Waals surface area (Å²) in [5.41, 5.74) is 3.67. The maximum absolute atomic E-state index is 13.1. The number of carbonyl (C=O) groups is 1. The molecule has 3 aromatic rings. The molecule has 0 bridgehead atoms. The Morgan fingerprint density at radius 2 is 1.82 bits per heavy atom. The van der Waals surface area contributed by atoms with E-state index in [2.05, 4.69) is 6.92 Å². The Bertz CT molecular complexity index is 1250. The van der Waals surface area contributed by atoms with Crippen LogP contribution in [0.2, 0.25) is 0 Å². The topological polar surface area (TPSA) is 51.1 Å². The van der Waals surface area contributed by atoms with Crippen LogP contribution in [0, 0.1) is 5.82 Å². The number of methoxy groups -OCH3 is 1. The van der Waals surface area contributed by atoms with Crippen molar-refractivity contribution in [2.45, 2.75) is 20.0 Å². The summed E-state index contributed by atoms with van der Waals surface area (Å²) in [5.74, 6) is 0.723. The van der Waals surface area contributed by atoms with Crippen LogP contribution in [0.15, 0.2) is 76.6 Å². The molecule has 1 saturated heterocycles. The first-order chi connectivity index (χ1) is 16.5. The third-order valence-electron chi connectivity index (χ3n) is 5.39. The van der Waals surface area contributed by atoms with Gasteiger partial charge < -0.3 is 9.47 Å². The number of rotatable bonds is 7. The van der Waals surface area contributed by atoms with E-state index in [1.807, 2.05) is 42.5 Å². The standard InChI is InChI=1S/C27H25FN2O3S/c1-4-20-7-5-6-8-22(20)29-27-30(2)26(31)25(34-27)16-19-11-14-23(24(15-19)32-3)33-17-18-9-12-21(28)13-10-18/h5-16H,4,17H2,1-3H3/b25-16+,29-27?. The van der Waals surface area contributed by atoms with Gasteiger partial charge in [0.15, 0.2) is 16.7 Å². The molecule has 7 heteroatoms. The number of likely N-dealkylation sites (N-methyl/N-ethyl adjacent to an activating group) is 1. The smallest absolute Gasteiger partial charge is 0.266 e. The number of ether oxygens (including phenoxy) is 2. The van der Waals surface area contributed by atoms with E-state index in [4.69, 9.17) is 14.5 Å². The summed E-state index contributed by atoms with van der Waals surface area (Å²) in [6.07, 6.45) is 2.69. The van der Waals surface area contributed by atoms with Crippen molar-refractivity contribution in [3.05, 3.63) is 94.1 Å². The van der Waals surface area contributed by atoms with Gasteiger partial charge in [-0.15, -0.1) is 0 Å². The van der Waals surface area contributed by atoms with E-state index in [0.29, 0.717) is 21.6 Å². The first-order valence-electron chi connectivity index (χ1n) is 10.9. The monoisotopic (exact) mass is 476 g/mol. The lowest BCUT2D eigenvalue weighted by Crippen LogP contribution is -2.23. The van der Waals surface area contributed by atoms with Crippen LogP contribution in [0.5, 0.6) is 11.5 Å². The number of aryl methyl sites for hydroxylation is 1. The summed E-state index contributed by atoms with van der Waals surface area (Å²) in [7, 11) is 3.30. The van der Waals surface area contributed by atoms with Crippen molar-refractivity contribution in [1.82, 2.24) is 4.90 Å². The minimum absolute atomic E-state index is 0.103. The highest BCUT2D eigenvalue weighted by Gasteiger charge is 2.30. The maximum atomic E-state index is 13.1. The van der Waals surface area contributed by atoms with Crippen molar-refractivity contribution in [1.29, 1.82) is 0 Å². The summed E-state index contributed by atoms with van der Waals surface area (Å²) in [5, 5.41) is 0.642. The average molecular weight is 477 g/mol. The number of hydrogen-bond acceptors (Lipinski definition) is 5. The number of halogens is 1. The second-order valence-electron chi connectivity index (χ2n) is 7.68. The lowest BCUT2D eigenvalue weighted by Gasteiger charge is -2.11. The Morgan fingerprint density at radius 3 is 2.56 bits per heavy atom. The van der Waals surface area contributed by atoms with E-state index in [1.54, 1.807) is 37.3 Å². The number of hydrogen-bond donors (Lipinski definition) is 0. The Morgan fingerprint density at radius 1 is 1.06 bits per heavy atom. The zero-order chi connectivity index (χ0) is 24.1. The number of aliphatic imine (C=N–C) groups is 1. The normalized spacial score (nSPS) is 15.9. The molecule has 1 aliphatic rings. The molecule has 0 spiro atoms. The van der Waals surface area contributed by atoms with Gasteiger partial charge in [0.25, 0.3) is 5.91 Å². The number of thioether (sulfide) groups is 1. The Balaban J connectivity index is 1.53. The average Bonchev–Trinajstić information content (AvgIpc) is 3.12. The number of benzene rings is 3. The van der Waals surface area contributed by atoms with Crippen molar-refractivity contribution in [3.63, 3.8) is 0 Å². The van der Waals surface area contributed by atoms with Crippen molar-refractivity contribution in [2.24, 2.45) is 4.99 Å². The highest BCUT2D eigenvalue weighted by Crippen LogP contribution is 2.36. The summed E-state index contributed by atoms with van der Waals surface area (Å²) in [6.45, 7) is 2.37. The van der Waals surface area contributed by atoms with Gasteiger partial charge in [-0.1, -0.05) is 43.3 Å². The molecule has 0 saturated carbocycles. The molecule has 1 fully saturated rings. The predicted molar refractivity (Wildman–Crippen MR) is 135 cm³/mol. The van der Waals surface area contributed by atoms with Crippen LogP contribution in [0.4, 0.5) is 10.1 Å². The lowest BCUT2D eigenvalue weighted by molar-refractivity contribution is -0.121. The fourth-order valence-corrected chi connectivity index (χ4v) is 4.44. The van der Waals surface area contributed by atoms with Crippen molar-refractivity contribution in [2.75, 3.05) is 14.2 Å². The zero-order valence-corrected chi connectivity index (χ0v) is 20.1. The van der Waals surface area contributed by atoms with E-state index in [1.165, 1.54) is 23.9 Å². The summed E-state index contributed by atoms with van der Waals surface area (Å²) in [4.78, 5) is 19.7. The molecule has 1 aliphatic heterocycles. The minimum Gasteiger partial charge on any atom is -0.493 e. The fourth-order valence-electron chi connectivity index (χ4n) is 3.46. The number of para-hydroxylation sites is 1. The molecule has 1 amide bonds. The molecule has 0 N–H and O–H groups in total. The second-order valence-corrected chi connectivity index (χ2v) is 8.69. The molecule has 0 atom stereocenters. The fraction of sp³-hybridized carbons (Fsp3) is 0.185. The Labute approximate surface area is 202 Å². The van der Waals surface area contributed by atoms with Crippen LogP contribution < -0.4 is 9.47 Å². The number of amides is 1. The van der Waals surface area contributed by atoms with Crippen LogP contribution in [0.3, 0.4) is 0 Å². The van der Waals surface area contributed by atoms with E-state index in [0.717, 1.165) is 28.8 Å². The molecular weight excluding hydrogens is 451 g/mol. The van der Waals surface area contributed by atoms with Gasteiger partial charge in [0.1, 0.15) is 12.4 Å². The summed E-state index contributed by atoms with van der Waals surface area (Å²) >= 11 is 1.35. The quantitative estimate of drug-likeness (QED) is 0.381. The molecule has 3 aromatic carbocycles. The van der Waals surface area contributed by atoms with Crippen LogP contribution >= 0.6 is 11.8 Å². The number of carbonyl (C=O) groups excluding carboxylic acids is 1. The third-order valence-corrected chi connectivity index (χ3v) is 6.45. The molecule has 0 aromatic heterocycles. The molecular formula is C27H25FN2O3S. The predicted octanol–water partition coefficient (Wildman–Crippen LogP) is 6.21. The van der Waals surface area contributed by atoms with Crippen LogP contribution in [0.1, 0.15) is 23.6 Å². The molecule has 34 heavy (non-hydrogen) atoms. The SMILES string of the molecule is CCc1ccccc1N=C1S/C(=C/c2ccc(OCc3ccc(F)cc3)c(OC)c2)C(=O)N1C. The molecule has 0 unspecified atom stereocenters. The van der Waals surface area contributed by atoms with Gasteiger partial charge in [0.2, 0.25) is 0 Å². The molecule has 1 heterocycles. The maximum Gasteiger partial charge on any atom is 0.266 e. The number of amidine groups is 1. The Kier molecular flexibility index (Phi) is 7.33. The van der Waals surface area contributed by atoms with E-state index >= 15 is 0 Å².